The lowest BCUT2D eigenvalue weighted by atomic mass is 10.1. The molecule has 0 aliphatic carbocycles. The molecule has 1 atom stereocenters. The first kappa shape index (κ1) is 20.9. The lowest BCUT2D eigenvalue weighted by Crippen LogP contribution is -2.32. The number of fused-ring (bicyclic) bond motifs is 1. The van der Waals surface area contributed by atoms with Crippen molar-refractivity contribution in [2.75, 3.05) is 26.7 Å². The molecule has 3 aromatic rings. The van der Waals surface area contributed by atoms with E-state index in [-0.39, 0.29) is 22.6 Å². The van der Waals surface area contributed by atoms with E-state index in [0.717, 1.165) is 31.3 Å². The molecule has 0 saturated carbocycles. The SMILES string of the molecule is COc1ccc(C(=O)N2CCC[C@H]2c2nnc3ccccn23)cc1S(=O)(=O)N1CCCC1. The molecule has 10 heteroatoms. The van der Waals surface area contributed by atoms with Gasteiger partial charge in [0.25, 0.3) is 5.91 Å². The number of hydrogen-bond donors (Lipinski definition) is 0. The Hall–Kier alpha value is -2.98. The van der Waals surface area contributed by atoms with Crippen LogP contribution in [0.5, 0.6) is 5.75 Å². The number of carbonyl (C=O) groups excluding carboxylic acids is 1. The highest BCUT2D eigenvalue weighted by Crippen LogP contribution is 2.34. The number of likely N-dealkylation sites (tertiary alicyclic amines) is 1. The first-order valence-electron chi connectivity index (χ1n) is 10.8. The molecule has 32 heavy (non-hydrogen) atoms. The van der Waals surface area contributed by atoms with Crippen LogP contribution in [0.3, 0.4) is 0 Å². The summed E-state index contributed by atoms with van der Waals surface area (Å²) in [6.07, 6.45) is 5.17. The van der Waals surface area contributed by atoms with Crippen molar-refractivity contribution < 1.29 is 17.9 Å². The summed E-state index contributed by atoms with van der Waals surface area (Å²) in [5.74, 6) is 0.737. The van der Waals surface area contributed by atoms with Gasteiger partial charge in [0, 0.05) is 31.4 Å². The second-order valence-electron chi connectivity index (χ2n) is 8.12. The summed E-state index contributed by atoms with van der Waals surface area (Å²) >= 11 is 0. The average Bonchev–Trinajstić information content (AvgIpc) is 3.58. The van der Waals surface area contributed by atoms with Gasteiger partial charge in [-0.05, 0) is 56.0 Å². The third-order valence-corrected chi connectivity index (χ3v) is 8.17. The van der Waals surface area contributed by atoms with Crippen LogP contribution in [0, 0.1) is 0 Å². The van der Waals surface area contributed by atoms with Crippen LogP contribution in [-0.2, 0) is 10.0 Å². The molecule has 0 radical (unpaired) electrons. The Morgan fingerprint density at radius 3 is 2.66 bits per heavy atom. The number of pyridine rings is 1. The number of hydrogen-bond acceptors (Lipinski definition) is 6. The molecule has 4 heterocycles. The van der Waals surface area contributed by atoms with Gasteiger partial charge in [-0.1, -0.05) is 6.07 Å². The van der Waals surface area contributed by atoms with Gasteiger partial charge in [-0.2, -0.15) is 4.31 Å². The Balaban J connectivity index is 1.50. The number of benzene rings is 1. The van der Waals surface area contributed by atoms with Gasteiger partial charge in [0.1, 0.15) is 10.6 Å². The zero-order valence-corrected chi connectivity index (χ0v) is 18.7. The molecular formula is C22H25N5O4S. The van der Waals surface area contributed by atoms with E-state index in [1.165, 1.54) is 17.5 Å². The van der Waals surface area contributed by atoms with Crippen molar-refractivity contribution in [3.05, 3.63) is 54.0 Å². The van der Waals surface area contributed by atoms with Crippen LogP contribution >= 0.6 is 0 Å². The summed E-state index contributed by atoms with van der Waals surface area (Å²) < 4.78 is 35.1. The van der Waals surface area contributed by atoms with Gasteiger partial charge in [0.15, 0.2) is 11.5 Å². The van der Waals surface area contributed by atoms with Crippen molar-refractivity contribution in [2.45, 2.75) is 36.6 Å². The van der Waals surface area contributed by atoms with Gasteiger partial charge < -0.3 is 9.64 Å². The Labute approximate surface area is 186 Å². The molecule has 1 aromatic carbocycles. The molecule has 168 valence electrons. The zero-order valence-electron chi connectivity index (χ0n) is 17.8. The minimum Gasteiger partial charge on any atom is -0.495 e. The fourth-order valence-corrected chi connectivity index (χ4v) is 6.31. The average molecular weight is 456 g/mol. The molecule has 2 fully saturated rings. The van der Waals surface area contributed by atoms with Crippen LogP contribution in [-0.4, -0.2) is 64.9 Å². The van der Waals surface area contributed by atoms with E-state index in [2.05, 4.69) is 10.2 Å². The molecule has 2 aliphatic heterocycles. The Morgan fingerprint density at radius 2 is 1.88 bits per heavy atom. The highest BCUT2D eigenvalue weighted by Gasteiger charge is 2.35. The molecule has 0 unspecified atom stereocenters. The third-order valence-electron chi connectivity index (χ3n) is 6.25. The highest BCUT2D eigenvalue weighted by molar-refractivity contribution is 7.89. The predicted molar refractivity (Wildman–Crippen MR) is 117 cm³/mol. The molecule has 2 aliphatic rings. The summed E-state index contributed by atoms with van der Waals surface area (Å²) in [5.41, 5.74) is 1.05. The second kappa shape index (κ2) is 8.18. The third kappa shape index (κ3) is 3.43. The number of nitrogens with zero attached hydrogens (tertiary/aromatic N) is 5. The summed E-state index contributed by atoms with van der Waals surface area (Å²) in [6.45, 7) is 1.54. The van der Waals surface area contributed by atoms with Gasteiger partial charge in [-0.25, -0.2) is 8.42 Å². The minimum atomic E-state index is -3.74. The van der Waals surface area contributed by atoms with Crippen molar-refractivity contribution in [3.8, 4) is 5.75 Å². The molecule has 9 nitrogen and oxygen atoms in total. The van der Waals surface area contributed by atoms with Gasteiger partial charge in [-0.15, -0.1) is 10.2 Å². The van der Waals surface area contributed by atoms with E-state index in [1.807, 2.05) is 28.8 Å². The molecular weight excluding hydrogens is 430 g/mol. The topological polar surface area (TPSA) is 97.1 Å². The molecule has 0 spiro atoms. The quantitative estimate of drug-likeness (QED) is 0.586. The number of aromatic nitrogens is 3. The standard InChI is InChI=1S/C22H25N5O4S/c1-31-18-10-9-16(15-19(18)32(29,30)25-11-4-5-12-25)22(28)26-14-6-7-17(26)21-24-23-20-8-2-3-13-27(20)21/h2-3,8-10,13,15,17H,4-7,11-12,14H2,1H3/t17-/m0/s1. The fraction of sp³-hybridized carbons (Fsp3) is 0.409. The largest absolute Gasteiger partial charge is 0.495 e. The van der Waals surface area contributed by atoms with Crippen LogP contribution in [0.25, 0.3) is 5.65 Å². The van der Waals surface area contributed by atoms with Crippen LogP contribution in [0.1, 0.15) is 47.9 Å². The monoisotopic (exact) mass is 455 g/mol. The summed E-state index contributed by atoms with van der Waals surface area (Å²) in [6, 6.07) is 10.1. The first-order chi connectivity index (χ1) is 15.5. The van der Waals surface area contributed by atoms with Crippen molar-refractivity contribution in [2.24, 2.45) is 0 Å². The maximum Gasteiger partial charge on any atom is 0.254 e. The molecule has 0 bridgehead atoms. The van der Waals surface area contributed by atoms with E-state index < -0.39 is 10.0 Å². The number of rotatable bonds is 5. The molecule has 1 amide bonds. The van der Waals surface area contributed by atoms with Gasteiger partial charge in [0.2, 0.25) is 10.0 Å². The van der Waals surface area contributed by atoms with Gasteiger partial charge in [0.05, 0.1) is 13.2 Å². The fourth-order valence-electron chi connectivity index (χ4n) is 4.61. The number of sulfonamides is 1. The zero-order chi connectivity index (χ0) is 22.3. The van der Waals surface area contributed by atoms with E-state index in [0.29, 0.717) is 31.0 Å². The van der Waals surface area contributed by atoms with Crippen LogP contribution in [0.4, 0.5) is 0 Å². The number of amides is 1. The molecule has 5 rings (SSSR count). The molecule has 0 N–H and O–H groups in total. The predicted octanol–water partition coefficient (Wildman–Crippen LogP) is 2.50. The van der Waals surface area contributed by atoms with Crippen molar-refractivity contribution in [1.82, 2.24) is 23.8 Å². The Kier molecular flexibility index (Phi) is 5.34. The first-order valence-corrected chi connectivity index (χ1v) is 12.2. The summed E-state index contributed by atoms with van der Waals surface area (Å²) in [7, 11) is -2.30. The van der Waals surface area contributed by atoms with Crippen molar-refractivity contribution in [3.63, 3.8) is 0 Å². The van der Waals surface area contributed by atoms with Crippen LogP contribution in [0.15, 0.2) is 47.5 Å². The Bertz CT molecular complexity index is 1270. The van der Waals surface area contributed by atoms with E-state index >= 15 is 0 Å². The smallest absolute Gasteiger partial charge is 0.254 e. The number of carbonyl (C=O) groups is 1. The van der Waals surface area contributed by atoms with E-state index in [9.17, 15) is 13.2 Å². The van der Waals surface area contributed by atoms with Gasteiger partial charge in [-0.3, -0.25) is 9.20 Å². The second-order valence-corrected chi connectivity index (χ2v) is 10.0. The van der Waals surface area contributed by atoms with Crippen LogP contribution in [0.2, 0.25) is 0 Å². The number of ether oxygens (including phenoxy) is 1. The maximum absolute atomic E-state index is 13.5. The maximum atomic E-state index is 13.5. The summed E-state index contributed by atoms with van der Waals surface area (Å²) in [4.78, 5) is 15.3. The number of methoxy groups -OCH3 is 1. The van der Waals surface area contributed by atoms with Crippen molar-refractivity contribution in [1.29, 1.82) is 0 Å². The normalized spacial score (nSPS) is 19.7. The lowest BCUT2D eigenvalue weighted by molar-refractivity contribution is 0.0729. The van der Waals surface area contributed by atoms with Crippen LogP contribution < -0.4 is 4.74 Å². The molecule has 2 aromatic heterocycles. The summed E-state index contributed by atoms with van der Waals surface area (Å²) in [5, 5.41) is 8.55. The van der Waals surface area contributed by atoms with Gasteiger partial charge >= 0.3 is 0 Å². The van der Waals surface area contributed by atoms with E-state index in [1.54, 1.807) is 17.0 Å². The van der Waals surface area contributed by atoms with Crippen molar-refractivity contribution >= 4 is 21.6 Å². The lowest BCUT2D eigenvalue weighted by Gasteiger charge is -2.24. The minimum absolute atomic E-state index is 0.0384. The van der Waals surface area contributed by atoms with E-state index in [4.69, 9.17) is 4.74 Å². The highest BCUT2D eigenvalue weighted by atomic mass is 32.2. The Morgan fingerprint density at radius 1 is 1.06 bits per heavy atom. The molecule has 2 saturated heterocycles.